The number of rotatable bonds is 1. The summed E-state index contributed by atoms with van der Waals surface area (Å²) < 4.78 is 6.19. The van der Waals surface area contributed by atoms with Crippen LogP contribution in [-0.2, 0) is 4.74 Å². The molecule has 0 bridgehead atoms. The third kappa shape index (κ3) is 2.19. The molecule has 17 heavy (non-hydrogen) atoms. The van der Waals surface area contributed by atoms with E-state index in [-0.39, 0.29) is 5.60 Å². The monoisotopic (exact) mass is 230 g/mol. The van der Waals surface area contributed by atoms with Crippen molar-refractivity contribution in [2.75, 3.05) is 6.54 Å². The molecule has 1 aliphatic heterocycles. The topological polar surface area (TPSA) is 34.5 Å². The molecule has 0 unspecified atom stereocenters. The Morgan fingerprint density at radius 3 is 2.71 bits per heavy atom. The van der Waals surface area contributed by atoms with Gasteiger partial charge in [-0.15, -0.1) is 0 Å². The Bertz CT molecular complexity index is 407. The molecule has 0 aromatic carbocycles. The van der Waals surface area contributed by atoms with Gasteiger partial charge in [-0.25, -0.2) is 4.99 Å². The van der Waals surface area contributed by atoms with Gasteiger partial charge < -0.3 is 4.74 Å². The predicted octanol–water partition coefficient (Wildman–Crippen LogP) is 2.95. The van der Waals surface area contributed by atoms with Crippen LogP contribution in [0.3, 0.4) is 0 Å². The van der Waals surface area contributed by atoms with Crippen molar-refractivity contribution in [2.24, 2.45) is 4.99 Å². The molecule has 1 aromatic heterocycles. The van der Waals surface area contributed by atoms with Crippen LogP contribution >= 0.6 is 0 Å². The third-order valence-electron chi connectivity index (χ3n) is 3.78. The SMILES string of the molecule is c1ccc(C2=NCCC3(CCCCC3)O2)nc1. The first-order valence-corrected chi connectivity index (χ1v) is 6.53. The lowest BCUT2D eigenvalue weighted by Gasteiger charge is -2.39. The molecule has 0 amide bonds. The van der Waals surface area contributed by atoms with Crippen molar-refractivity contribution in [1.82, 2.24) is 4.98 Å². The van der Waals surface area contributed by atoms with Crippen molar-refractivity contribution < 1.29 is 4.74 Å². The molecule has 0 radical (unpaired) electrons. The molecule has 1 aromatic rings. The molecule has 1 saturated carbocycles. The highest BCUT2D eigenvalue weighted by Crippen LogP contribution is 2.37. The van der Waals surface area contributed by atoms with Gasteiger partial charge in [0.15, 0.2) is 0 Å². The van der Waals surface area contributed by atoms with Gasteiger partial charge in [0.05, 0.1) is 0 Å². The van der Waals surface area contributed by atoms with Crippen molar-refractivity contribution in [3.8, 4) is 0 Å². The number of ether oxygens (including phenoxy) is 1. The van der Waals surface area contributed by atoms with E-state index in [4.69, 9.17) is 4.74 Å². The minimum absolute atomic E-state index is 0.0624. The van der Waals surface area contributed by atoms with Crippen LogP contribution in [0.15, 0.2) is 29.4 Å². The Hall–Kier alpha value is -1.38. The first-order valence-electron chi connectivity index (χ1n) is 6.53. The maximum absolute atomic E-state index is 6.19. The van der Waals surface area contributed by atoms with E-state index < -0.39 is 0 Å². The average Bonchev–Trinajstić information content (AvgIpc) is 2.41. The Kier molecular flexibility index (Phi) is 2.83. The summed E-state index contributed by atoms with van der Waals surface area (Å²) in [6, 6.07) is 5.88. The fraction of sp³-hybridized carbons (Fsp3) is 0.571. The Morgan fingerprint density at radius 1 is 1.06 bits per heavy atom. The van der Waals surface area contributed by atoms with Gasteiger partial charge in [0.1, 0.15) is 11.3 Å². The highest BCUT2D eigenvalue weighted by Gasteiger charge is 2.37. The van der Waals surface area contributed by atoms with Gasteiger partial charge in [-0.2, -0.15) is 0 Å². The van der Waals surface area contributed by atoms with Crippen LogP contribution in [0.5, 0.6) is 0 Å². The maximum atomic E-state index is 6.19. The van der Waals surface area contributed by atoms with Gasteiger partial charge in [0, 0.05) is 19.2 Å². The maximum Gasteiger partial charge on any atom is 0.235 e. The van der Waals surface area contributed by atoms with Crippen molar-refractivity contribution in [3.05, 3.63) is 30.1 Å². The molecule has 2 aliphatic rings. The van der Waals surface area contributed by atoms with Crippen LogP contribution in [0, 0.1) is 0 Å². The summed E-state index contributed by atoms with van der Waals surface area (Å²) >= 11 is 0. The van der Waals surface area contributed by atoms with Crippen molar-refractivity contribution in [1.29, 1.82) is 0 Å². The van der Waals surface area contributed by atoms with Gasteiger partial charge in [0.2, 0.25) is 5.90 Å². The van der Waals surface area contributed by atoms with Gasteiger partial charge in [0.25, 0.3) is 0 Å². The molecular weight excluding hydrogens is 212 g/mol. The zero-order chi connectivity index (χ0) is 11.6. The first-order chi connectivity index (χ1) is 8.38. The second kappa shape index (κ2) is 4.47. The van der Waals surface area contributed by atoms with Crippen LogP contribution in [0.25, 0.3) is 0 Å². The molecule has 3 rings (SSSR count). The van der Waals surface area contributed by atoms with Crippen LogP contribution in [0.1, 0.15) is 44.2 Å². The number of pyridine rings is 1. The zero-order valence-electron chi connectivity index (χ0n) is 10.1. The van der Waals surface area contributed by atoms with Gasteiger partial charge in [-0.1, -0.05) is 12.5 Å². The fourth-order valence-electron chi connectivity index (χ4n) is 2.82. The second-order valence-corrected chi connectivity index (χ2v) is 5.00. The fourth-order valence-corrected chi connectivity index (χ4v) is 2.82. The third-order valence-corrected chi connectivity index (χ3v) is 3.78. The molecule has 1 aliphatic carbocycles. The Labute approximate surface area is 102 Å². The molecule has 2 heterocycles. The number of aromatic nitrogens is 1. The van der Waals surface area contributed by atoms with Crippen LogP contribution in [-0.4, -0.2) is 23.0 Å². The molecule has 0 N–H and O–H groups in total. The first kappa shape index (κ1) is 10.8. The lowest BCUT2D eigenvalue weighted by Crippen LogP contribution is -2.41. The summed E-state index contributed by atoms with van der Waals surface area (Å²) in [6.07, 6.45) is 9.15. The van der Waals surface area contributed by atoms with E-state index in [1.165, 1.54) is 32.1 Å². The normalized spacial score (nSPS) is 22.9. The Balaban J connectivity index is 1.81. The standard InChI is InChI=1S/C14H18N2O/c1-3-7-14(8-4-1)9-11-16-13(17-14)12-6-2-5-10-15-12/h2,5-6,10H,1,3-4,7-9,11H2. The predicted molar refractivity (Wildman–Crippen MR) is 67.2 cm³/mol. The molecule has 3 heteroatoms. The molecule has 3 nitrogen and oxygen atoms in total. The van der Waals surface area contributed by atoms with Crippen LogP contribution < -0.4 is 0 Å². The minimum Gasteiger partial charge on any atom is -0.470 e. The molecule has 0 atom stereocenters. The van der Waals surface area contributed by atoms with E-state index in [1.807, 2.05) is 18.2 Å². The molecule has 1 spiro atoms. The number of nitrogens with zero attached hydrogens (tertiary/aromatic N) is 2. The van der Waals surface area contributed by atoms with Gasteiger partial charge >= 0.3 is 0 Å². The van der Waals surface area contributed by atoms with E-state index in [0.717, 1.165) is 24.6 Å². The molecule has 1 fully saturated rings. The largest absolute Gasteiger partial charge is 0.470 e. The van der Waals surface area contributed by atoms with E-state index >= 15 is 0 Å². The van der Waals surface area contributed by atoms with E-state index in [0.29, 0.717) is 0 Å². The second-order valence-electron chi connectivity index (χ2n) is 5.00. The smallest absolute Gasteiger partial charge is 0.235 e. The quantitative estimate of drug-likeness (QED) is 0.743. The average molecular weight is 230 g/mol. The van der Waals surface area contributed by atoms with Crippen molar-refractivity contribution >= 4 is 5.90 Å². The molecule has 0 saturated heterocycles. The van der Waals surface area contributed by atoms with Crippen LogP contribution in [0.2, 0.25) is 0 Å². The van der Waals surface area contributed by atoms with E-state index in [1.54, 1.807) is 6.20 Å². The summed E-state index contributed by atoms with van der Waals surface area (Å²) in [6.45, 7) is 0.881. The summed E-state index contributed by atoms with van der Waals surface area (Å²) in [5.74, 6) is 0.749. The number of hydrogen-bond acceptors (Lipinski definition) is 3. The number of hydrogen-bond donors (Lipinski definition) is 0. The Morgan fingerprint density at radius 2 is 1.94 bits per heavy atom. The lowest BCUT2D eigenvalue weighted by atomic mass is 9.81. The van der Waals surface area contributed by atoms with E-state index in [2.05, 4.69) is 9.98 Å². The number of aliphatic imine (C=N–C) groups is 1. The highest BCUT2D eigenvalue weighted by atomic mass is 16.5. The van der Waals surface area contributed by atoms with Gasteiger partial charge in [-0.05, 0) is 37.8 Å². The zero-order valence-corrected chi connectivity index (χ0v) is 10.1. The minimum atomic E-state index is 0.0624. The van der Waals surface area contributed by atoms with Crippen molar-refractivity contribution in [2.45, 2.75) is 44.1 Å². The molecule has 90 valence electrons. The summed E-state index contributed by atoms with van der Waals surface area (Å²) in [5, 5.41) is 0. The summed E-state index contributed by atoms with van der Waals surface area (Å²) in [7, 11) is 0. The van der Waals surface area contributed by atoms with E-state index in [9.17, 15) is 0 Å². The van der Waals surface area contributed by atoms with Crippen LogP contribution in [0.4, 0.5) is 0 Å². The lowest BCUT2D eigenvalue weighted by molar-refractivity contribution is 0.00370. The summed E-state index contributed by atoms with van der Waals surface area (Å²) in [4.78, 5) is 8.81. The van der Waals surface area contributed by atoms with Crippen molar-refractivity contribution in [3.63, 3.8) is 0 Å². The highest BCUT2D eigenvalue weighted by molar-refractivity contribution is 5.92. The molecular formula is C14H18N2O. The van der Waals surface area contributed by atoms with Gasteiger partial charge in [-0.3, -0.25) is 4.98 Å². The summed E-state index contributed by atoms with van der Waals surface area (Å²) in [5.41, 5.74) is 0.935.